The highest BCUT2D eigenvalue weighted by atomic mass is 32.2. The Kier molecular flexibility index (Phi) is 5.67. The first-order chi connectivity index (χ1) is 12.8. The smallest absolute Gasteiger partial charge is 0.271 e. The lowest BCUT2D eigenvalue weighted by atomic mass is 10.2. The van der Waals surface area contributed by atoms with Crippen LogP contribution in [0.5, 0.6) is 0 Å². The number of hydrogen-bond acceptors (Lipinski definition) is 4. The third kappa shape index (κ3) is 4.06. The van der Waals surface area contributed by atoms with Crippen LogP contribution in [0.1, 0.15) is 42.7 Å². The average molecular weight is 391 g/mol. The molecule has 3 heterocycles. The van der Waals surface area contributed by atoms with Crippen molar-refractivity contribution in [1.82, 2.24) is 18.8 Å². The van der Waals surface area contributed by atoms with Crippen molar-refractivity contribution in [2.24, 2.45) is 7.05 Å². The molecule has 1 aliphatic heterocycles. The number of carbonyl (C=O) groups is 1. The first-order valence-electron chi connectivity index (χ1n) is 9.17. The quantitative estimate of drug-likeness (QED) is 0.758. The number of nitrogens with zero attached hydrogens (tertiary/aromatic N) is 4. The van der Waals surface area contributed by atoms with Gasteiger partial charge in [0.05, 0.1) is 0 Å². The SMILES string of the molecule is CC(C)N(Cc1cccnc1)C(=O)c1cc(S(=O)(=O)N2CCCC2)cn1C. The van der Waals surface area contributed by atoms with E-state index in [1.54, 1.807) is 28.9 Å². The Morgan fingerprint density at radius 3 is 2.59 bits per heavy atom. The summed E-state index contributed by atoms with van der Waals surface area (Å²) in [5.74, 6) is -0.195. The van der Waals surface area contributed by atoms with Crippen LogP contribution in [-0.2, 0) is 23.6 Å². The van der Waals surface area contributed by atoms with Crippen LogP contribution in [0.2, 0.25) is 0 Å². The summed E-state index contributed by atoms with van der Waals surface area (Å²) in [5.41, 5.74) is 1.30. The largest absolute Gasteiger partial charge is 0.345 e. The number of sulfonamides is 1. The van der Waals surface area contributed by atoms with Crippen molar-refractivity contribution in [1.29, 1.82) is 0 Å². The summed E-state index contributed by atoms with van der Waals surface area (Å²) in [6, 6.07) is 5.21. The molecule has 0 N–H and O–H groups in total. The molecular formula is C19H26N4O3S. The van der Waals surface area contributed by atoms with E-state index in [4.69, 9.17) is 0 Å². The molecule has 3 rings (SSSR count). The Balaban J connectivity index is 1.88. The van der Waals surface area contributed by atoms with Gasteiger partial charge in [0.2, 0.25) is 10.0 Å². The topological polar surface area (TPSA) is 75.5 Å². The van der Waals surface area contributed by atoms with E-state index in [0.29, 0.717) is 25.3 Å². The Labute approximate surface area is 160 Å². The molecule has 0 aliphatic carbocycles. The molecule has 2 aromatic heterocycles. The lowest BCUT2D eigenvalue weighted by molar-refractivity contribution is 0.0680. The third-order valence-corrected chi connectivity index (χ3v) is 6.73. The highest BCUT2D eigenvalue weighted by Crippen LogP contribution is 2.24. The molecule has 0 aromatic carbocycles. The molecule has 1 amide bonds. The first kappa shape index (κ1) is 19.6. The monoisotopic (exact) mass is 390 g/mol. The molecule has 8 heteroatoms. The van der Waals surface area contributed by atoms with Crippen molar-refractivity contribution in [2.45, 2.75) is 44.2 Å². The van der Waals surface area contributed by atoms with Gasteiger partial charge in [-0.15, -0.1) is 0 Å². The van der Waals surface area contributed by atoms with Gasteiger partial charge < -0.3 is 9.47 Å². The summed E-state index contributed by atoms with van der Waals surface area (Å²) in [6.45, 7) is 5.39. The van der Waals surface area contributed by atoms with Crippen LogP contribution in [-0.4, -0.2) is 52.2 Å². The summed E-state index contributed by atoms with van der Waals surface area (Å²) in [7, 11) is -1.84. The van der Waals surface area contributed by atoms with Gasteiger partial charge >= 0.3 is 0 Å². The predicted octanol–water partition coefficient (Wildman–Crippen LogP) is 2.26. The van der Waals surface area contributed by atoms with Crippen molar-refractivity contribution in [3.05, 3.63) is 48.0 Å². The van der Waals surface area contributed by atoms with E-state index < -0.39 is 10.0 Å². The molecule has 0 bridgehead atoms. The van der Waals surface area contributed by atoms with Crippen LogP contribution in [0, 0.1) is 0 Å². The van der Waals surface area contributed by atoms with Crippen molar-refractivity contribution < 1.29 is 13.2 Å². The molecule has 1 aliphatic rings. The van der Waals surface area contributed by atoms with Gasteiger partial charge in [-0.2, -0.15) is 4.31 Å². The zero-order valence-corrected chi connectivity index (χ0v) is 16.8. The van der Waals surface area contributed by atoms with Gasteiger partial charge in [-0.1, -0.05) is 6.07 Å². The fourth-order valence-corrected chi connectivity index (χ4v) is 4.88. The number of rotatable bonds is 6. The number of amides is 1. The standard InChI is InChI=1S/C19H26N4O3S/c1-15(2)23(13-16-7-6-8-20-12-16)19(24)18-11-17(14-21(18)3)27(25,26)22-9-4-5-10-22/h6-8,11-12,14-15H,4-5,9-10,13H2,1-3H3. The summed E-state index contributed by atoms with van der Waals surface area (Å²) in [5, 5.41) is 0. The minimum atomic E-state index is -3.55. The molecule has 27 heavy (non-hydrogen) atoms. The summed E-state index contributed by atoms with van der Waals surface area (Å²) >= 11 is 0. The molecule has 0 radical (unpaired) electrons. The maximum Gasteiger partial charge on any atom is 0.271 e. The van der Waals surface area contributed by atoms with Crippen LogP contribution in [0.4, 0.5) is 0 Å². The molecule has 146 valence electrons. The predicted molar refractivity (Wildman–Crippen MR) is 103 cm³/mol. The molecule has 7 nitrogen and oxygen atoms in total. The second kappa shape index (κ2) is 7.82. The second-order valence-electron chi connectivity index (χ2n) is 7.17. The van der Waals surface area contributed by atoms with E-state index in [1.165, 1.54) is 16.6 Å². The number of aryl methyl sites for hydroxylation is 1. The fraction of sp³-hybridized carbons (Fsp3) is 0.474. The van der Waals surface area contributed by atoms with Crippen molar-refractivity contribution in [3.63, 3.8) is 0 Å². The maximum absolute atomic E-state index is 13.1. The lowest BCUT2D eigenvalue weighted by Crippen LogP contribution is -2.37. The van der Waals surface area contributed by atoms with E-state index in [-0.39, 0.29) is 16.8 Å². The molecular weight excluding hydrogens is 364 g/mol. The van der Waals surface area contributed by atoms with Gasteiger partial charge in [0.1, 0.15) is 10.6 Å². The number of pyridine rings is 1. The average Bonchev–Trinajstić information content (AvgIpc) is 3.30. The highest BCUT2D eigenvalue weighted by molar-refractivity contribution is 7.89. The van der Waals surface area contributed by atoms with E-state index in [0.717, 1.165) is 18.4 Å². The number of hydrogen-bond donors (Lipinski definition) is 0. The van der Waals surface area contributed by atoms with Crippen LogP contribution >= 0.6 is 0 Å². The Hall–Kier alpha value is -2.19. The van der Waals surface area contributed by atoms with Crippen molar-refractivity contribution in [2.75, 3.05) is 13.1 Å². The summed E-state index contributed by atoms with van der Waals surface area (Å²) < 4.78 is 28.7. The molecule has 1 saturated heterocycles. The van der Waals surface area contributed by atoms with Crippen LogP contribution in [0.15, 0.2) is 41.7 Å². The van der Waals surface area contributed by atoms with Gasteiger partial charge in [-0.25, -0.2) is 8.42 Å². The third-order valence-electron chi connectivity index (χ3n) is 4.86. The zero-order valence-electron chi connectivity index (χ0n) is 16.0. The Bertz CT molecular complexity index is 900. The van der Waals surface area contributed by atoms with Crippen molar-refractivity contribution >= 4 is 15.9 Å². The Morgan fingerprint density at radius 2 is 2.00 bits per heavy atom. The van der Waals surface area contributed by atoms with Gasteiger partial charge in [0.15, 0.2) is 0 Å². The minimum absolute atomic E-state index is 0.0359. The Morgan fingerprint density at radius 1 is 1.30 bits per heavy atom. The normalized spacial score (nSPS) is 15.4. The van der Waals surface area contributed by atoms with Crippen LogP contribution in [0.3, 0.4) is 0 Å². The number of carbonyl (C=O) groups excluding carboxylic acids is 1. The van der Waals surface area contributed by atoms with Crippen LogP contribution < -0.4 is 0 Å². The number of aromatic nitrogens is 2. The first-order valence-corrected chi connectivity index (χ1v) is 10.6. The van der Waals surface area contributed by atoms with E-state index in [2.05, 4.69) is 4.98 Å². The molecule has 0 spiro atoms. The van der Waals surface area contributed by atoms with Crippen LogP contribution in [0.25, 0.3) is 0 Å². The summed E-state index contributed by atoms with van der Waals surface area (Å²) in [6.07, 6.45) is 6.71. The van der Waals surface area contributed by atoms with Gasteiger partial charge in [0, 0.05) is 51.3 Å². The van der Waals surface area contributed by atoms with E-state index >= 15 is 0 Å². The zero-order chi connectivity index (χ0) is 19.6. The van der Waals surface area contributed by atoms with Gasteiger partial charge in [0.25, 0.3) is 5.91 Å². The lowest BCUT2D eigenvalue weighted by Gasteiger charge is -2.27. The molecule has 1 fully saturated rings. The summed E-state index contributed by atoms with van der Waals surface area (Å²) in [4.78, 5) is 19.2. The van der Waals surface area contributed by atoms with Crippen molar-refractivity contribution in [3.8, 4) is 0 Å². The van der Waals surface area contributed by atoms with Gasteiger partial charge in [-0.3, -0.25) is 9.78 Å². The van der Waals surface area contributed by atoms with Gasteiger partial charge in [-0.05, 0) is 44.4 Å². The molecule has 0 unspecified atom stereocenters. The molecule has 0 saturated carbocycles. The fourth-order valence-electron chi connectivity index (χ4n) is 3.29. The van der Waals surface area contributed by atoms with E-state index in [9.17, 15) is 13.2 Å². The maximum atomic E-state index is 13.1. The van der Waals surface area contributed by atoms with E-state index in [1.807, 2.05) is 26.0 Å². The highest BCUT2D eigenvalue weighted by Gasteiger charge is 2.30. The minimum Gasteiger partial charge on any atom is -0.345 e. The second-order valence-corrected chi connectivity index (χ2v) is 9.11. The molecule has 0 atom stereocenters. The molecule has 2 aromatic rings.